The highest BCUT2D eigenvalue weighted by Gasteiger charge is 2.28. The van der Waals surface area contributed by atoms with Gasteiger partial charge in [-0.05, 0) is 37.9 Å². The van der Waals surface area contributed by atoms with Gasteiger partial charge in [0.25, 0.3) is 0 Å². The number of methoxy groups -OCH3 is 1. The third-order valence-corrected chi connectivity index (χ3v) is 4.31. The molecule has 3 rings (SSSR count). The number of ether oxygens (including phenoxy) is 1. The minimum atomic E-state index is 0.580. The maximum absolute atomic E-state index is 5.67. The Kier molecular flexibility index (Phi) is 4.36. The molecule has 0 bridgehead atoms. The molecule has 112 valence electrons. The fraction of sp³-hybridized carbons (Fsp3) is 0.467. The number of nitrogens with two attached hydrogens (primary N) is 1. The van der Waals surface area contributed by atoms with E-state index in [1.165, 1.54) is 24.4 Å². The smallest absolute Gasteiger partial charge is 0.209 e. The molecule has 1 heterocycles. The number of rotatable bonds is 7. The zero-order chi connectivity index (χ0) is 14.7. The Balaban J connectivity index is 1.87. The SMILES string of the molecule is COc1cccc(N(CCCN)c2nc(C3CC3)ns2)c1. The molecule has 21 heavy (non-hydrogen) atoms. The van der Waals surface area contributed by atoms with Crippen LogP contribution in [0.4, 0.5) is 10.8 Å². The summed E-state index contributed by atoms with van der Waals surface area (Å²) in [6, 6.07) is 8.03. The van der Waals surface area contributed by atoms with Crippen LogP contribution in [0.5, 0.6) is 5.75 Å². The molecule has 5 nitrogen and oxygen atoms in total. The lowest BCUT2D eigenvalue weighted by Crippen LogP contribution is -2.20. The Morgan fingerprint density at radius 3 is 3.00 bits per heavy atom. The van der Waals surface area contributed by atoms with Crippen LogP contribution in [0.2, 0.25) is 0 Å². The Morgan fingerprint density at radius 1 is 1.43 bits per heavy atom. The molecular weight excluding hydrogens is 284 g/mol. The summed E-state index contributed by atoms with van der Waals surface area (Å²) in [4.78, 5) is 6.89. The number of nitrogens with zero attached hydrogens (tertiary/aromatic N) is 3. The molecule has 1 aliphatic carbocycles. The van der Waals surface area contributed by atoms with Crippen LogP contribution in [-0.2, 0) is 0 Å². The summed E-state index contributed by atoms with van der Waals surface area (Å²) < 4.78 is 9.82. The van der Waals surface area contributed by atoms with Gasteiger partial charge >= 0.3 is 0 Å². The van der Waals surface area contributed by atoms with E-state index in [1.807, 2.05) is 18.2 Å². The normalized spacial score (nSPS) is 14.2. The predicted molar refractivity (Wildman–Crippen MR) is 85.6 cm³/mol. The molecule has 0 amide bonds. The molecule has 0 saturated heterocycles. The van der Waals surface area contributed by atoms with Gasteiger partial charge in [-0.15, -0.1) is 0 Å². The molecule has 0 atom stereocenters. The third-order valence-electron chi connectivity index (χ3n) is 3.56. The molecular formula is C15H20N4OS. The first kappa shape index (κ1) is 14.3. The Bertz CT molecular complexity index is 597. The van der Waals surface area contributed by atoms with Gasteiger partial charge in [-0.25, -0.2) is 4.98 Å². The molecule has 1 fully saturated rings. The summed E-state index contributed by atoms with van der Waals surface area (Å²) in [5.41, 5.74) is 6.74. The van der Waals surface area contributed by atoms with Crippen molar-refractivity contribution in [1.29, 1.82) is 0 Å². The van der Waals surface area contributed by atoms with E-state index in [1.54, 1.807) is 7.11 Å². The standard InChI is InChI=1S/C15H20N4OS/c1-20-13-5-2-4-12(10-13)19(9-3-8-16)15-17-14(18-21-15)11-6-7-11/h2,4-5,10-11H,3,6-9,16H2,1H3. The highest BCUT2D eigenvalue weighted by molar-refractivity contribution is 7.09. The first-order valence-electron chi connectivity index (χ1n) is 7.27. The summed E-state index contributed by atoms with van der Waals surface area (Å²) in [6.07, 6.45) is 3.35. The lowest BCUT2D eigenvalue weighted by molar-refractivity contribution is 0.415. The molecule has 1 aromatic heterocycles. The zero-order valence-corrected chi connectivity index (χ0v) is 13.0. The van der Waals surface area contributed by atoms with Gasteiger partial charge in [0.2, 0.25) is 5.13 Å². The van der Waals surface area contributed by atoms with Gasteiger partial charge < -0.3 is 15.4 Å². The van der Waals surface area contributed by atoms with Gasteiger partial charge in [0.1, 0.15) is 11.6 Å². The van der Waals surface area contributed by atoms with Gasteiger partial charge in [-0.1, -0.05) is 6.07 Å². The maximum atomic E-state index is 5.67. The summed E-state index contributed by atoms with van der Waals surface area (Å²) >= 11 is 1.47. The van der Waals surface area contributed by atoms with E-state index in [0.29, 0.717) is 12.5 Å². The van der Waals surface area contributed by atoms with Crippen molar-refractivity contribution in [2.75, 3.05) is 25.1 Å². The Hall–Kier alpha value is -1.66. The quantitative estimate of drug-likeness (QED) is 0.852. The van der Waals surface area contributed by atoms with Crippen LogP contribution in [0, 0.1) is 0 Å². The first-order valence-corrected chi connectivity index (χ1v) is 8.04. The second-order valence-corrected chi connectivity index (χ2v) is 5.94. The minimum Gasteiger partial charge on any atom is -0.497 e. The minimum absolute atomic E-state index is 0.580. The van der Waals surface area contributed by atoms with Crippen LogP contribution in [0.25, 0.3) is 0 Å². The van der Waals surface area contributed by atoms with Crippen molar-refractivity contribution in [3.8, 4) is 5.75 Å². The third kappa shape index (κ3) is 3.33. The first-order chi connectivity index (χ1) is 10.3. The molecule has 1 aliphatic rings. The van der Waals surface area contributed by atoms with Crippen molar-refractivity contribution in [3.05, 3.63) is 30.1 Å². The van der Waals surface area contributed by atoms with Crippen molar-refractivity contribution in [1.82, 2.24) is 9.36 Å². The molecule has 0 radical (unpaired) electrons. The van der Waals surface area contributed by atoms with Gasteiger partial charge in [-0.2, -0.15) is 4.37 Å². The monoisotopic (exact) mass is 304 g/mol. The predicted octanol–water partition coefficient (Wildman–Crippen LogP) is 2.91. The number of anilines is 2. The summed E-state index contributed by atoms with van der Waals surface area (Å²) in [6.45, 7) is 1.50. The average Bonchev–Trinajstić information content (AvgIpc) is 3.27. The molecule has 2 aromatic rings. The van der Waals surface area contributed by atoms with E-state index in [9.17, 15) is 0 Å². The number of hydrogen-bond donors (Lipinski definition) is 1. The second-order valence-electron chi connectivity index (χ2n) is 5.20. The van der Waals surface area contributed by atoms with Crippen molar-refractivity contribution in [2.24, 2.45) is 5.73 Å². The van der Waals surface area contributed by atoms with Crippen LogP contribution in [0.3, 0.4) is 0 Å². The average molecular weight is 304 g/mol. The Morgan fingerprint density at radius 2 is 2.29 bits per heavy atom. The fourth-order valence-electron chi connectivity index (χ4n) is 2.21. The summed E-state index contributed by atoms with van der Waals surface area (Å²) in [5, 5.41) is 0.943. The lowest BCUT2D eigenvalue weighted by atomic mass is 10.2. The van der Waals surface area contributed by atoms with E-state index in [0.717, 1.165) is 35.4 Å². The van der Waals surface area contributed by atoms with Gasteiger partial charge in [0.15, 0.2) is 0 Å². The van der Waals surface area contributed by atoms with Crippen molar-refractivity contribution in [2.45, 2.75) is 25.2 Å². The number of benzene rings is 1. The second kappa shape index (κ2) is 6.41. The van der Waals surface area contributed by atoms with Crippen molar-refractivity contribution in [3.63, 3.8) is 0 Å². The van der Waals surface area contributed by atoms with Crippen LogP contribution < -0.4 is 15.4 Å². The Labute approximate surface area is 128 Å². The molecule has 0 unspecified atom stereocenters. The molecule has 1 saturated carbocycles. The van der Waals surface area contributed by atoms with Crippen LogP contribution in [0.15, 0.2) is 24.3 Å². The highest BCUT2D eigenvalue weighted by Crippen LogP contribution is 2.40. The van der Waals surface area contributed by atoms with Crippen LogP contribution in [-0.4, -0.2) is 29.6 Å². The largest absolute Gasteiger partial charge is 0.497 e. The van der Waals surface area contributed by atoms with Crippen molar-refractivity contribution >= 4 is 22.4 Å². The van der Waals surface area contributed by atoms with Gasteiger partial charge in [-0.3, -0.25) is 0 Å². The van der Waals surface area contributed by atoms with Gasteiger partial charge in [0.05, 0.1) is 7.11 Å². The molecule has 6 heteroatoms. The van der Waals surface area contributed by atoms with E-state index in [4.69, 9.17) is 15.5 Å². The molecule has 1 aromatic carbocycles. The van der Waals surface area contributed by atoms with E-state index < -0.39 is 0 Å². The fourth-order valence-corrected chi connectivity index (χ4v) is 3.00. The van der Waals surface area contributed by atoms with Gasteiger partial charge in [0, 0.05) is 35.7 Å². The van der Waals surface area contributed by atoms with E-state index >= 15 is 0 Å². The summed E-state index contributed by atoms with van der Waals surface area (Å²) in [7, 11) is 1.68. The topological polar surface area (TPSA) is 64.3 Å². The highest BCUT2D eigenvalue weighted by atomic mass is 32.1. The number of hydrogen-bond acceptors (Lipinski definition) is 6. The van der Waals surface area contributed by atoms with E-state index in [2.05, 4.69) is 15.3 Å². The molecule has 2 N–H and O–H groups in total. The maximum Gasteiger partial charge on any atom is 0.209 e. The van der Waals surface area contributed by atoms with E-state index in [-0.39, 0.29) is 0 Å². The lowest BCUT2D eigenvalue weighted by Gasteiger charge is -2.21. The van der Waals surface area contributed by atoms with Crippen LogP contribution >= 0.6 is 11.5 Å². The molecule has 0 spiro atoms. The number of aromatic nitrogens is 2. The zero-order valence-electron chi connectivity index (χ0n) is 12.2. The molecule has 0 aliphatic heterocycles. The van der Waals surface area contributed by atoms with Crippen molar-refractivity contribution < 1.29 is 4.74 Å². The summed E-state index contributed by atoms with van der Waals surface area (Å²) in [5.74, 6) is 2.42. The van der Waals surface area contributed by atoms with Crippen LogP contribution in [0.1, 0.15) is 31.0 Å².